The molecule has 0 aliphatic carbocycles. The average Bonchev–Trinajstić information content (AvgIpc) is 3.06. The smallest absolute Gasteiger partial charge is 0.226 e. The van der Waals surface area contributed by atoms with Gasteiger partial charge in [-0.25, -0.2) is 4.98 Å². The molecular formula is C21H28ClN3O3S. The van der Waals surface area contributed by atoms with Gasteiger partial charge in [0.2, 0.25) is 5.91 Å². The van der Waals surface area contributed by atoms with Gasteiger partial charge in [-0.05, 0) is 51.0 Å². The van der Waals surface area contributed by atoms with Crippen molar-refractivity contribution < 1.29 is 14.3 Å². The molecule has 8 heteroatoms. The molecule has 6 nitrogen and oxygen atoms in total. The lowest BCUT2D eigenvalue weighted by Crippen LogP contribution is -2.44. The highest BCUT2D eigenvalue weighted by molar-refractivity contribution is 7.13. The molecular weight excluding hydrogens is 410 g/mol. The van der Waals surface area contributed by atoms with Gasteiger partial charge >= 0.3 is 0 Å². The first-order valence-electron chi connectivity index (χ1n) is 9.90. The first-order valence-corrected chi connectivity index (χ1v) is 11.2. The first-order chi connectivity index (χ1) is 13.9. The molecule has 29 heavy (non-hydrogen) atoms. The molecule has 0 spiro atoms. The number of carbonyl (C=O) groups excluding carboxylic acids is 1. The van der Waals surface area contributed by atoms with Gasteiger partial charge in [0.25, 0.3) is 0 Å². The van der Waals surface area contributed by atoms with E-state index in [1.165, 1.54) is 11.3 Å². The van der Waals surface area contributed by atoms with Crippen molar-refractivity contribution in [1.29, 1.82) is 0 Å². The lowest BCUT2D eigenvalue weighted by Gasteiger charge is -2.34. The average molecular weight is 438 g/mol. The third-order valence-electron chi connectivity index (χ3n) is 4.62. The minimum absolute atomic E-state index is 0.0454. The summed E-state index contributed by atoms with van der Waals surface area (Å²) in [4.78, 5) is 19.1. The van der Waals surface area contributed by atoms with Crippen molar-refractivity contribution in [3.8, 4) is 5.75 Å². The van der Waals surface area contributed by atoms with Crippen LogP contribution in [-0.2, 0) is 16.1 Å². The highest BCUT2D eigenvalue weighted by atomic mass is 35.5. The number of aryl methyl sites for hydroxylation is 1. The van der Waals surface area contributed by atoms with Crippen molar-refractivity contribution in [2.75, 3.05) is 25.0 Å². The van der Waals surface area contributed by atoms with Crippen molar-refractivity contribution in [2.24, 2.45) is 0 Å². The van der Waals surface area contributed by atoms with Gasteiger partial charge < -0.3 is 14.8 Å². The molecule has 0 radical (unpaired) electrons. The van der Waals surface area contributed by atoms with Crippen LogP contribution in [0.4, 0.5) is 5.13 Å². The number of rotatable bonds is 8. The molecule has 1 fully saturated rings. The van der Waals surface area contributed by atoms with Crippen molar-refractivity contribution >= 4 is 34.0 Å². The van der Waals surface area contributed by atoms with Gasteiger partial charge in [0.05, 0.1) is 24.5 Å². The van der Waals surface area contributed by atoms with E-state index in [-0.39, 0.29) is 18.1 Å². The number of hydrogen-bond donors (Lipinski definition) is 1. The molecule has 1 aromatic carbocycles. The number of halogens is 1. The van der Waals surface area contributed by atoms with E-state index in [0.717, 1.165) is 36.6 Å². The van der Waals surface area contributed by atoms with Gasteiger partial charge in [-0.15, -0.1) is 11.3 Å². The quantitative estimate of drug-likeness (QED) is 0.615. The zero-order chi connectivity index (χ0) is 20.8. The number of ether oxygens (including phenoxy) is 2. The van der Waals surface area contributed by atoms with Crippen LogP contribution in [0.15, 0.2) is 23.6 Å². The molecule has 0 bridgehead atoms. The topological polar surface area (TPSA) is 63.7 Å². The Hall–Kier alpha value is -1.67. The van der Waals surface area contributed by atoms with Crippen LogP contribution in [-0.4, -0.2) is 47.7 Å². The highest BCUT2D eigenvalue weighted by Gasteiger charge is 2.22. The molecule has 3 rings (SSSR count). The van der Waals surface area contributed by atoms with E-state index in [4.69, 9.17) is 21.1 Å². The SMILES string of the molecule is Cc1cc(Cl)ccc1OCCCC(=O)Nc1nc(CN2CC(C)OC(C)C2)cs1. The number of thiazole rings is 1. The lowest BCUT2D eigenvalue weighted by atomic mass is 10.2. The Bertz CT molecular complexity index is 819. The van der Waals surface area contributed by atoms with Crippen LogP contribution in [0.5, 0.6) is 5.75 Å². The highest BCUT2D eigenvalue weighted by Crippen LogP contribution is 2.22. The van der Waals surface area contributed by atoms with Gasteiger partial charge in [0.1, 0.15) is 5.75 Å². The van der Waals surface area contributed by atoms with Gasteiger partial charge in [-0.1, -0.05) is 11.6 Å². The Morgan fingerprint density at radius 3 is 2.86 bits per heavy atom. The normalized spacial score (nSPS) is 19.9. The van der Waals surface area contributed by atoms with Crippen LogP contribution in [0.1, 0.15) is 37.9 Å². The molecule has 0 saturated carbocycles. The zero-order valence-corrected chi connectivity index (χ0v) is 18.7. The van der Waals surface area contributed by atoms with E-state index in [9.17, 15) is 4.79 Å². The van der Waals surface area contributed by atoms with E-state index in [2.05, 4.69) is 29.0 Å². The summed E-state index contributed by atoms with van der Waals surface area (Å²) in [6.07, 6.45) is 1.49. The Morgan fingerprint density at radius 1 is 1.38 bits per heavy atom. The summed E-state index contributed by atoms with van der Waals surface area (Å²) >= 11 is 7.41. The maximum atomic E-state index is 12.2. The van der Waals surface area contributed by atoms with Crippen LogP contribution in [0.25, 0.3) is 0 Å². The van der Waals surface area contributed by atoms with Gasteiger partial charge in [0.15, 0.2) is 5.13 Å². The first kappa shape index (κ1) is 22.0. The van der Waals surface area contributed by atoms with Gasteiger partial charge in [0, 0.05) is 36.5 Å². The van der Waals surface area contributed by atoms with Crippen LogP contribution < -0.4 is 10.1 Å². The number of aromatic nitrogens is 1. The number of morpholine rings is 1. The molecule has 2 aromatic rings. The summed E-state index contributed by atoms with van der Waals surface area (Å²) in [5, 5.41) is 6.23. The number of anilines is 1. The molecule has 2 unspecified atom stereocenters. The summed E-state index contributed by atoms with van der Waals surface area (Å²) in [6, 6.07) is 5.52. The number of nitrogens with zero attached hydrogens (tertiary/aromatic N) is 2. The standard InChI is InChI=1S/C21H28ClN3O3S/c1-14-9-17(22)6-7-19(14)27-8-4-5-20(26)24-21-23-18(13-29-21)12-25-10-15(2)28-16(3)11-25/h6-7,9,13,15-16H,4-5,8,10-12H2,1-3H3,(H,23,24,26). The molecule has 1 saturated heterocycles. The Labute approximate surface area is 181 Å². The number of nitrogens with one attached hydrogen (secondary N) is 1. The monoisotopic (exact) mass is 437 g/mol. The fraction of sp³-hybridized carbons (Fsp3) is 0.524. The molecule has 1 N–H and O–H groups in total. The molecule has 1 aromatic heterocycles. The van der Waals surface area contributed by atoms with Gasteiger partial charge in [-0.2, -0.15) is 0 Å². The molecule has 2 atom stereocenters. The van der Waals surface area contributed by atoms with Crippen molar-refractivity contribution in [3.05, 3.63) is 39.9 Å². The van der Waals surface area contributed by atoms with E-state index in [0.29, 0.717) is 29.6 Å². The molecule has 1 amide bonds. The molecule has 1 aliphatic rings. The second-order valence-corrected chi connectivity index (χ2v) is 8.80. The fourth-order valence-corrected chi connectivity index (χ4v) is 4.40. The Kier molecular flexibility index (Phi) is 7.89. The zero-order valence-electron chi connectivity index (χ0n) is 17.1. The lowest BCUT2D eigenvalue weighted by molar-refractivity contribution is -0.116. The third kappa shape index (κ3) is 6.96. The number of hydrogen-bond acceptors (Lipinski definition) is 6. The third-order valence-corrected chi connectivity index (χ3v) is 5.66. The Balaban J connectivity index is 1.38. The summed E-state index contributed by atoms with van der Waals surface area (Å²) in [5.74, 6) is 0.752. The van der Waals surface area contributed by atoms with Crippen LogP contribution in [0.2, 0.25) is 5.02 Å². The van der Waals surface area contributed by atoms with Gasteiger partial charge in [-0.3, -0.25) is 9.69 Å². The van der Waals surface area contributed by atoms with Crippen LogP contribution >= 0.6 is 22.9 Å². The minimum atomic E-state index is -0.0454. The maximum absolute atomic E-state index is 12.2. The van der Waals surface area contributed by atoms with E-state index >= 15 is 0 Å². The maximum Gasteiger partial charge on any atom is 0.226 e. The Morgan fingerprint density at radius 2 is 2.14 bits per heavy atom. The van der Waals surface area contributed by atoms with Crippen molar-refractivity contribution in [1.82, 2.24) is 9.88 Å². The summed E-state index contributed by atoms with van der Waals surface area (Å²) < 4.78 is 11.5. The van der Waals surface area contributed by atoms with E-state index in [1.807, 2.05) is 24.4 Å². The molecule has 2 heterocycles. The fourth-order valence-electron chi connectivity index (χ4n) is 3.45. The summed E-state index contributed by atoms with van der Waals surface area (Å²) in [5.41, 5.74) is 1.97. The van der Waals surface area contributed by atoms with Crippen molar-refractivity contribution in [3.63, 3.8) is 0 Å². The van der Waals surface area contributed by atoms with Crippen LogP contribution in [0, 0.1) is 6.92 Å². The number of amides is 1. The summed E-state index contributed by atoms with van der Waals surface area (Å²) in [7, 11) is 0. The minimum Gasteiger partial charge on any atom is -0.493 e. The largest absolute Gasteiger partial charge is 0.493 e. The second kappa shape index (κ2) is 10.4. The molecule has 158 valence electrons. The van der Waals surface area contributed by atoms with E-state index < -0.39 is 0 Å². The van der Waals surface area contributed by atoms with Crippen molar-refractivity contribution in [2.45, 2.75) is 52.4 Å². The number of carbonyl (C=O) groups is 1. The predicted octanol–water partition coefficient (Wildman–Crippen LogP) is 4.51. The van der Waals surface area contributed by atoms with Crippen LogP contribution in [0.3, 0.4) is 0 Å². The summed E-state index contributed by atoms with van der Waals surface area (Å²) in [6.45, 7) is 9.19. The van der Waals surface area contributed by atoms with E-state index in [1.54, 1.807) is 6.07 Å². The second-order valence-electron chi connectivity index (χ2n) is 7.51. The number of benzene rings is 1. The predicted molar refractivity (Wildman–Crippen MR) is 117 cm³/mol. The molecule has 1 aliphatic heterocycles.